The van der Waals surface area contributed by atoms with Gasteiger partial charge in [-0.1, -0.05) is 6.92 Å². The van der Waals surface area contributed by atoms with E-state index in [1.807, 2.05) is 13.0 Å². The molecule has 0 aliphatic carbocycles. The molecule has 0 spiro atoms. The molecule has 1 aromatic carbocycles. The molecule has 6 nitrogen and oxygen atoms in total. The number of aliphatic hydroxyl groups excluding tert-OH is 1. The molecule has 1 aromatic rings. The topological polar surface area (TPSA) is 99.2 Å². The summed E-state index contributed by atoms with van der Waals surface area (Å²) in [7, 11) is 0. The first kappa shape index (κ1) is 13.9. The minimum atomic E-state index is -0.576. The summed E-state index contributed by atoms with van der Waals surface area (Å²) in [5.41, 5.74) is 0.486. The van der Waals surface area contributed by atoms with Gasteiger partial charge in [0.1, 0.15) is 11.6 Å². The highest BCUT2D eigenvalue weighted by Crippen LogP contribution is 2.22. The van der Waals surface area contributed by atoms with E-state index in [1.165, 1.54) is 12.1 Å². The molecule has 0 aliphatic heterocycles. The molecule has 1 rings (SSSR count). The molecule has 0 heterocycles. The van der Waals surface area contributed by atoms with E-state index in [0.29, 0.717) is 12.1 Å². The Labute approximate surface area is 105 Å². The Morgan fingerprint density at radius 2 is 2.33 bits per heavy atom. The van der Waals surface area contributed by atoms with Crippen molar-refractivity contribution in [1.82, 2.24) is 0 Å². The van der Waals surface area contributed by atoms with E-state index in [2.05, 4.69) is 5.32 Å². The second-order valence-corrected chi connectivity index (χ2v) is 3.86. The van der Waals surface area contributed by atoms with Gasteiger partial charge < -0.3 is 10.4 Å². The molecule has 96 valence electrons. The molecule has 0 amide bonds. The van der Waals surface area contributed by atoms with Crippen molar-refractivity contribution in [3.8, 4) is 6.07 Å². The van der Waals surface area contributed by atoms with Gasteiger partial charge in [-0.25, -0.2) is 0 Å². The molecule has 0 radical (unpaired) electrons. The van der Waals surface area contributed by atoms with E-state index >= 15 is 0 Å². The highest BCUT2D eigenvalue weighted by molar-refractivity contribution is 5.58. The number of nitrogens with zero attached hydrogens (tertiary/aromatic N) is 2. The van der Waals surface area contributed by atoms with Crippen LogP contribution in [0.25, 0.3) is 0 Å². The van der Waals surface area contributed by atoms with Crippen LogP contribution in [0.1, 0.15) is 25.3 Å². The third-order valence-electron chi connectivity index (χ3n) is 2.65. The van der Waals surface area contributed by atoms with Crippen LogP contribution >= 0.6 is 0 Å². The van der Waals surface area contributed by atoms with E-state index in [0.717, 1.165) is 6.42 Å². The van der Waals surface area contributed by atoms with Crippen molar-refractivity contribution in [2.75, 3.05) is 11.9 Å². The van der Waals surface area contributed by atoms with Gasteiger partial charge in [-0.3, -0.25) is 10.1 Å². The molecule has 0 fully saturated rings. The second-order valence-electron chi connectivity index (χ2n) is 3.86. The Hall–Kier alpha value is -2.13. The van der Waals surface area contributed by atoms with Gasteiger partial charge in [0, 0.05) is 24.4 Å². The molecule has 0 bridgehead atoms. The predicted octanol–water partition coefficient (Wildman–Crippen LogP) is 2.04. The zero-order valence-corrected chi connectivity index (χ0v) is 10.1. The standard InChI is InChI=1S/C12H15N3O3/c1-2-10(5-6-16)14-11-3-4-12(15(17)18)9(7-11)8-13/h3-4,7,10,14,16H,2,5-6H2,1H3. The van der Waals surface area contributed by atoms with Crippen LogP contribution in [0.4, 0.5) is 11.4 Å². The zero-order valence-electron chi connectivity index (χ0n) is 10.1. The van der Waals surface area contributed by atoms with Crippen LogP contribution < -0.4 is 5.32 Å². The van der Waals surface area contributed by atoms with E-state index in [1.54, 1.807) is 6.07 Å². The molecular weight excluding hydrogens is 234 g/mol. The third kappa shape index (κ3) is 3.43. The molecular formula is C12H15N3O3. The van der Waals surface area contributed by atoms with Crippen molar-refractivity contribution >= 4 is 11.4 Å². The molecule has 0 aromatic heterocycles. The quantitative estimate of drug-likeness (QED) is 0.593. The first-order valence-corrected chi connectivity index (χ1v) is 5.68. The summed E-state index contributed by atoms with van der Waals surface area (Å²) in [6, 6.07) is 6.23. The lowest BCUT2D eigenvalue weighted by Gasteiger charge is -2.17. The summed E-state index contributed by atoms with van der Waals surface area (Å²) >= 11 is 0. The Balaban J connectivity index is 2.92. The van der Waals surface area contributed by atoms with Gasteiger partial charge in [0.15, 0.2) is 0 Å². The number of hydrogen-bond donors (Lipinski definition) is 2. The van der Waals surface area contributed by atoms with Crippen LogP contribution in [0.15, 0.2) is 18.2 Å². The van der Waals surface area contributed by atoms with Crippen molar-refractivity contribution in [3.63, 3.8) is 0 Å². The third-order valence-corrected chi connectivity index (χ3v) is 2.65. The Kier molecular flexibility index (Phi) is 5.08. The summed E-state index contributed by atoms with van der Waals surface area (Å²) < 4.78 is 0. The molecule has 1 unspecified atom stereocenters. The monoisotopic (exact) mass is 249 g/mol. The Morgan fingerprint density at radius 1 is 1.61 bits per heavy atom. The number of hydrogen-bond acceptors (Lipinski definition) is 5. The van der Waals surface area contributed by atoms with E-state index in [9.17, 15) is 10.1 Å². The molecule has 2 N–H and O–H groups in total. The number of nitriles is 1. The number of nitrogens with one attached hydrogen (secondary N) is 1. The van der Waals surface area contributed by atoms with Gasteiger partial charge in [-0.2, -0.15) is 5.26 Å². The zero-order chi connectivity index (χ0) is 13.5. The molecule has 18 heavy (non-hydrogen) atoms. The first-order valence-electron chi connectivity index (χ1n) is 5.68. The number of nitro groups is 1. The predicted molar refractivity (Wildman–Crippen MR) is 67.2 cm³/mol. The molecule has 0 saturated heterocycles. The number of benzene rings is 1. The van der Waals surface area contributed by atoms with Crippen LogP contribution in [0, 0.1) is 21.4 Å². The number of anilines is 1. The van der Waals surface area contributed by atoms with Gasteiger partial charge >= 0.3 is 0 Å². The lowest BCUT2D eigenvalue weighted by molar-refractivity contribution is -0.385. The van der Waals surface area contributed by atoms with Crippen LogP contribution in [-0.2, 0) is 0 Å². The normalized spacial score (nSPS) is 11.6. The number of aliphatic hydroxyl groups is 1. The van der Waals surface area contributed by atoms with Crippen LogP contribution in [0.5, 0.6) is 0 Å². The molecule has 1 atom stereocenters. The van der Waals surface area contributed by atoms with Crippen molar-refractivity contribution in [2.45, 2.75) is 25.8 Å². The van der Waals surface area contributed by atoms with Crippen molar-refractivity contribution in [1.29, 1.82) is 5.26 Å². The number of rotatable bonds is 6. The summed E-state index contributed by atoms with van der Waals surface area (Å²) in [5.74, 6) is 0. The van der Waals surface area contributed by atoms with Gasteiger partial charge in [0.05, 0.1) is 4.92 Å². The Bertz CT molecular complexity index is 468. The second kappa shape index (κ2) is 6.57. The van der Waals surface area contributed by atoms with Crippen molar-refractivity contribution in [3.05, 3.63) is 33.9 Å². The summed E-state index contributed by atoms with van der Waals surface area (Å²) in [6.07, 6.45) is 1.41. The smallest absolute Gasteiger partial charge is 0.287 e. The maximum atomic E-state index is 10.7. The lowest BCUT2D eigenvalue weighted by Crippen LogP contribution is -2.19. The summed E-state index contributed by atoms with van der Waals surface area (Å²) in [4.78, 5) is 10.1. The van der Waals surface area contributed by atoms with Crippen molar-refractivity contribution < 1.29 is 10.0 Å². The highest BCUT2D eigenvalue weighted by atomic mass is 16.6. The molecule has 0 saturated carbocycles. The van der Waals surface area contributed by atoms with E-state index < -0.39 is 4.92 Å². The minimum absolute atomic E-state index is 0.0313. The highest BCUT2D eigenvalue weighted by Gasteiger charge is 2.14. The summed E-state index contributed by atoms with van der Waals surface area (Å²) in [6.45, 7) is 2.05. The van der Waals surface area contributed by atoms with Gasteiger partial charge in [0.25, 0.3) is 5.69 Å². The molecule has 6 heteroatoms. The Morgan fingerprint density at radius 3 is 2.83 bits per heavy atom. The number of nitro benzene ring substituents is 1. The van der Waals surface area contributed by atoms with Gasteiger partial charge in [-0.15, -0.1) is 0 Å². The van der Waals surface area contributed by atoms with Crippen molar-refractivity contribution in [2.24, 2.45) is 0 Å². The van der Waals surface area contributed by atoms with E-state index in [-0.39, 0.29) is 23.9 Å². The first-order chi connectivity index (χ1) is 8.62. The SMILES string of the molecule is CCC(CCO)Nc1ccc([N+](=O)[O-])c(C#N)c1. The maximum absolute atomic E-state index is 10.7. The van der Waals surface area contributed by atoms with Crippen LogP contribution in [0.3, 0.4) is 0 Å². The summed E-state index contributed by atoms with van der Waals surface area (Å²) in [5, 5.41) is 31.6. The fourth-order valence-electron chi connectivity index (χ4n) is 1.64. The molecule has 0 aliphatic rings. The van der Waals surface area contributed by atoms with Crippen LogP contribution in [-0.4, -0.2) is 22.7 Å². The van der Waals surface area contributed by atoms with Crippen LogP contribution in [0.2, 0.25) is 0 Å². The maximum Gasteiger partial charge on any atom is 0.287 e. The largest absolute Gasteiger partial charge is 0.396 e. The average molecular weight is 249 g/mol. The minimum Gasteiger partial charge on any atom is -0.396 e. The van der Waals surface area contributed by atoms with Gasteiger partial charge in [0.2, 0.25) is 0 Å². The van der Waals surface area contributed by atoms with E-state index in [4.69, 9.17) is 10.4 Å². The fraction of sp³-hybridized carbons (Fsp3) is 0.417. The average Bonchev–Trinajstić information content (AvgIpc) is 2.37. The lowest BCUT2D eigenvalue weighted by atomic mass is 10.1. The van der Waals surface area contributed by atoms with Gasteiger partial charge in [-0.05, 0) is 25.0 Å². The fourth-order valence-corrected chi connectivity index (χ4v) is 1.64.